The van der Waals surface area contributed by atoms with E-state index in [1.54, 1.807) is 24.0 Å². The quantitative estimate of drug-likeness (QED) is 0.861. The molecule has 24 heavy (non-hydrogen) atoms. The lowest BCUT2D eigenvalue weighted by atomic mass is 10.1. The fourth-order valence-electron chi connectivity index (χ4n) is 2.84. The summed E-state index contributed by atoms with van der Waals surface area (Å²) < 4.78 is 5.27. The highest BCUT2D eigenvalue weighted by atomic mass is 16.5. The van der Waals surface area contributed by atoms with Gasteiger partial charge in [0.05, 0.1) is 17.3 Å². The molecule has 2 aromatic heterocycles. The van der Waals surface area contributed by atoms with Gasteiger partial charge in [-0.1, -0.05) is 19.0 Å². The SMILES string of the molecule is Cc1nc(C(=O)N2CCCC2c2noc(C(C)C)n2)ccc1C#N. The van der Waals surface area contributed by atoms with Crippen molar-refractivity contribution in [1.82, 2.24) is 20.0 Å². The van der Waals surface area contributed by atoms with Crippen molar-refractivity contribution in [2.75, 3.05) is 6.54 Å². The minimum atomic E-state index is -0.188. The third kappa shape index (κ3) is 2.87. The Kier molecular flexibility index (Phi) is 4.30. The first-order valence-corrected chi connectivity index (χ1v) is 8.03. The predicted octanol–water partition coefficient (Wildman–Crippen LogP) is 2.75. The van der Waals surface area contributed by atoms with E-state index in [0.29, 0.717) is 35.2 Å². The second-order valence-corrected chi connectivity index (χ2v) is 6.24. The lowest BCUT2D eigenvalue weighted by Gasteiger charge is -2.22. The molecular weight excluding hydrogens is 306 g/mol. The Hall–Kier alpha value is -2.75. The van der Waals surface area contributed by atoms with Crippen molar-refractivity contribution in [2.24, 2.45) is 0 Å². The first-order chi connectivity index (χ1) is 11.5. The molecule has 0 saturated carbocycles. The average Bonchev–Trinajstić information content (AvgIpc) is 3.22. The van der Waals surface area contributed by atoms with Crippen LogP contribution in [0, 0.1) is 18.3 Å². The highest BCUT2D eigenvalue weighted by Gasteiger charge is 2.34. The van der Waals surface area contributed by atoms with E-state index in [2.05, 4.69) is 21.2 Å². The summed E-state index contributed by atoms with van der Waals surface area (Å²) in [6.07, 6.45) is 1.69. The summed E-state index contributed by atoms with van der Waals surface area (Å²) >= 11 is 0. The van der Waals surface area contributed by atoms with Crippen molar-refractivity contribution in [1.29, 1.82) is 5.26 Å². The van der Waals surface area contributed by atoms with Crippen molar-refractivity contribution in [3.05, 3.63) is 40.8 Å². The van der Waals surface area contributed by atoms with Gasteiger partial charge in [0.15, 0.2) is 5.82 Å². The number of nitrogens with zero attached hydrogens (tertiary/aromatic N) is 5. The fourth-order valence-corrected chi connectivity index (χ4v) is 2.84. The molecule has 0 aromatic carbocycles. The molecule has 3 rings (SSSR count). The number of nitriles is 1. The van der Waals surface area contributed by atoms with Crippen molar-refractivity contribution < 1.29 is 9.32 Å². The lowest BCUT2D eigenvalue weighted by molar-refractivity contribution is 0.0722. The van der Waals surface area contributed by atoms with E-state index in [-0.39, 0.29) is 17.9 Å². The Morgan fingerprint density at radius 3 is 2.83 bits per heavy atom. The van der Waals surface area contributed by atoms with E-state index in [1.165, 1.54) is 0 Å². The number of carbonyl (C=O) groups excluding carboxylic acids is 1. The fraction of sp³-hybridized carbons (Fsp3) is 0.471. The van der Waals surface area contributed by atoms with E-state index >= 15 is 0 Å². The van der Waals surface area contributed by atoms with E-state index in [1.807, 2.05) is 13.8 Å². The molecule has 124 valence electrons. The molecular formula is C17H19N5O2. The summed E-state index contributed by atoms with van der Waals surface area (Å²) in [5.41, 5.74) is 1.37. The minimum absolute atomic E-state index is 0.152. The van der Waals surface area contributed by atoms with Crippen molar-refractivity contribution >= 4 is 5.91 Å². The highest BCUT2D eigenvalue weighted by Crippen LogP contribution is 2.32. The van der Waals surface area contributed by atoms with Gasteiger partial charge in [-0.15, -0.1) is 0 Å². The van der Waals surface area contributed by atoms with Gasteiger partial charge >= 0.3 is 0 Å². The van der Waals surface area contributed by atoms with Gasteiger partial charge < -0.3 is 9.42 Å². The number of carbonyl (C=O) groups is 1. The van der Waals surface area contributed by atoms with Gasteiger partial charge in [-0.05, 0) is 31.9 Å². The topological polar surface area (TPSA) is 95.9 Å². The molecule has 1 fully saturated rings. The van der Waals surface area contributed by atoms with Crippen LogP contribution in [0.1, 0.15) is 72.1 Å². The Morgan fingerprint density at radius 2 is 2.21 bits per heavy atom. The van der Waals surface area contributed by atoms with Gasteiger partial charge in [0.25, 0.3) is 5.91 Å². The predicted molar refractivity (Wildman–Crippen MR) is 85.1 cm³/mol. The van der Waals surface area contributed by atoms with E-state index < -0.39 is 0 Å². The minimum Gasteiger partial charge on any atom is -0.339 e. The van der Waals surface area contributed by atoms with Gasteiger partial charge in [0.2, 0.25) is 5.89 Å². The summed E-state index contributed by atoms with van der Waals surface area (Å²) in [6, 6.07) is 5.10. The summed E-state index contributed by atoms with van der Waals surface area (Å²) in [6.45, 7) is 6.33. The maximum absolute atomic E-state index is 12.8. The van der Waals surface area contributed by atoms with Crippen LogP contribution in [0.3, 0.4) is 0 Å². The monoisotopic (exact) mass is 325 g/mol. The van der Waals surface area contributed by atoms with Crippen molar-refractivity contribution in [3.8, 4) is 6.07 Å². The Morgan fingerprint density at radius 1 is 1.42 bits per heavy atom. The number of hydrogen-bond donors (Lipinski definition) is 0. The molecule has 0 spiro atoms. The second kappa shape index (κ2) is 6.40. The first kappa shape index (κ1) is 16.1. The smallest absolute Gasteiger partial charge is 0.273 e. The third-order valence-corrected chi connectivity index (χ3v) is 4.19. The summed E-state index contributed by atoms with van der Waals surface area (Å²) in [5, 5.41) is 13.0. The molecule has 3 heterocycles. The molecule has 0 aliphatic carbocycles. The lowest BCUT2D eigenvalue weighted by Crippen LogP contribution is -2.32. The number of pyridine rings is 1. The van der Waals surface area contributed by atoms with Crippen LogP contribution in [-0.4, -0.2) is 32.5 Å². The van der Waals surface area contributed by atoms with Gasteiger partial charge in [-0.2, -0.15) is 10.2 Å². The van der Waals surface area contributed by atoms with Crippen LogP contribution in [0.2, 0.25) is 0 Å². The number of amides is 1. The molecule has 0 radical (unpaired) electrons. The molecule has 1 unspecified atom stereocenters. The molecule has 1 atom stereocenters. The molecule has 1 amide bonds. The largest absolute Gasteiger partial charge is 0.339 e. The van der Waals surface area contributed by atoms with Crippen LogP contribution < -0.4 is 0 Å². The van der Waals surface area contributed by atoms with Gasteiger partial charge in [0, 0.05) is 12.5 Å². The van der Waals surface area contributed by atoms with Crippen molar-refractivity contribution in [3.63, 3.8) is 0 Å². The number of aryl methyl sites for hydroxylation is 1. The molecule has 1 aliphatic heterocycles. The van der Waals surface area contributed by atoms with Crippen LogP contribution in [0.5, 0.6) is 0 Å². The summed E-state index contributed by atoms with van der Waals surface area (Å²) in [4.78, 5) is 23.3. The molecule has 0 bridgehead atoms. The van der Waals surface area contributed by atoms with Gasteiger partial charge in [0.1, 0.15) is 11.8 Å². The van der Waals surface area contributed by atoms with Crippen LogP contribution in [-0.2, 0) is 0 Å². The molecule has 2 aromatic rings. The molecule has 1 saturated heterocycles. The third-order valence-electron chi connectivity index (χ3n) is 4.19. The number of hydrogen-bond acceptors (Lipinski definition) is 6. The second-order valence-electron chi connectivity index (χ2n) is 6.24. The Labute approximate surface area is 140 Å². The van der Waals surface area contributed by atoms with Crippen LogP contribution in [0.4, 0.5) is 0 Å². The van der Waals surface area contributed by atoms with Gasteiger partial charge in [-0.3, -0.25) is 4.79 Å². The van der Waals surface area contributed by atoms with Crippen LogP contribution >= 0.6 is 0 Å². The van der Waals surface area contributed by atoms with E-state index in [0.717, 1.165) is 12.8 Å². The van der Waals surface area contributed by atoms with Crippen LogP contribution in [0.15, 0.2) is 16.7 Å². The van der Waals surface area contributed by atoms with E-state index in [9.17, 15) is 4.79 Å². The molecule has 7 nitrogen and oxygen atoms in total. The maximum Gasteiger partial charge on any atom is 0.273 e. The first-order valence-electron chi connectivity index (χ1n) is 8.03. The zero-order valence-electron chi connectivity index (χ0n) is 14.0. The summed E-state index contributed by atoms with van der Waals surface area (Å²) in [7, 11) is 0. The Balaban J connectivity index is 1.85. The maximum atomic E-state index is 12.8. The zero-order valence-corrected chi connectivity index (χ0v) is 14.0. The van der Waals surface area contributed by atoms with Crippen LogP contribution in [0.25, 0.3) is 0 Å². The van der Waals surface area contributed by atoms with Crippen molar-refractivity contribution in [2.45, 2.75) is 45.6 Å². The molecule has 1 aliphatic rings. The number of likely N-dealkylation sites (tertiary alicyclic amines) is 1. The molecule has 7 heteroatoms. The Bertz CT molecular complexity index is 806. The molecule has 0 N–H and O–H groups in total. The summed E-state index contributed by atoms with van der Waals surface area (Å²) in [5.74, 6) is 1.12. The van der Waals surface area contributed by atoms with E-state index in [4.69, 9.17) is 9.78 Å². The number of aromatic nitrogens is 3. The normalized spacial score (nSPS) is 17.3. The highest BCUT2D eigenvalue weighted by molar-refractivity contribution is 5.92. The zero-order chi connectivity index (χ0) is 17.3. The average molecular weight is 325 g/mol. The number of rotatable bonds is 3. The standard InChI is InChI=1S/C17H19N5O2/c1-10(2)16-20-15(21-24-16)14-5-4-8-22(14)17(23)13-7-6-12(9-18)11(3)19-13/h6-7,10,14H,4-5,8H2,1-3H3. The van der Waals surface area contributed by atoms with Gasteiger partial charge in [-0.25, -0.2) is 4.98 Å².